The molecule has 0 unspecified atom stereocenters. The van der Waals surface area contributed by atoms with Crippen molar-refractivity contribution in [3.63, 3.8) is 0 Å². The van der Waals surface area contributed by atoms with E-state index in [0.717, 1.165) is 11.3 Å². The number of rotatable bonds is 1. The molecule has 0 spiro atoms. The van der Waals surface area contributed by atoms with Crippen molar-refractivity contribution in [2.75, 3.05) is 0 Å². The van der Waals surface area contributed by atoms with Crippen molar-refractivity contribution >= 4 is 11.6 Å². The highest BCUT2D eigenvalue weighted by Gasteiger charge is 2.04. The third-order valence-corrected chi connectivity index (χ3v) is 2.48. The molecule has 1 aromatic carbocycles. The summed E-state index contributed by atoms with van der Waals surface area (Å²) in [6, 6.07) is 8.14. The fraction of sp³-hybridized carbons (Fsp3) is 0.167. The first-order valence-electron chi connectivity index (χ1n) is 4.73. The number of halogens is 1. The van der Waals surface area contributed by atoms with Crippen LogP contribution in [0.4, 0.5) is 0 Å². The van der Waals surface area contributed by atoms with Gasteiger partial charge in [0, 0.05) is 11.8 Å². The molecule has 0 bridgehead atoms. The zero-order valence-electron chi connectivity index (χ0n) is 8.66. The minimum atomic E-state index is 0.286. The average Bonchev–Trinajstić information content (AvgIpc) is 2.22. The number of hydrogen-bond acceptors (Lipinski definition) is 2. The van der Waals surface area contributed by atoms with E-state index in [1.807, 2.05) is 6.07 Å². The van der Waals surface area contributed by atoms with E-state index in [4.69, 9.17) is 11.6 Å². The van der Waals surface area contributed by atoms with Crippen LogP contribution in [0.5, 0.6) is 0 Å². The number of aromatic nitrogens is 2. The van der Waals surface area contributed by atoms with E-state index in [0.29, 0.717) is 0 Å². The summed E-state index contributed by atoms with van der Waals surface area (Å²) in [5.41, 5.74) is 4.39. The molecule has 0 atom stereocenters. The molecule has 1 heterocycles. The maximum absolute atomic E-state index is 5.76. The van der Waals surface area contributed by atoms with Gasteiger partial charge in [-0.25, -0.2) is 9.97 Å². The van der Waals surface area contributed by atoms with Gasteiger partial charge in [0.1, 0.15) is 0 Å². The summed E-state index contributed by atoms with van der Waals surface area (Å²) in [5.74, 6) is 0. The van der Waals surface area contributed by atoms with Gasteiger partial charge in [0.05, 0.1) is 5.69 Å². The maximum Gasteiger partial charge on any atom is 0.222 e. The Labute approximate surface area is 94.0 Å². The van der Waals surface area contributed by atoms with Crippen LogP contribution in [-0.2, 0) is 0 Å². The first-order chi connectivity index (χ1) is 7.16. The summed E-state index contributed by atoms with van der Waals surface area (Å²) in [6.07, 6.45) is 1.67. The van der Waals surface area contributed by atoms with Crippen molar-refractivity contribution in [3.05, 3.63) is 46.9 Å². The molecule has 3 heteroatoms. The predicted octanol–water partition coefficient (Wildman–Crippen LogP) is 3.41. The van der Waals surface area contributed by atoms with E-state index >= 15 is 0 Å². The van der Waals surface area contributed by atoms with Crippen molar-refractivity contribution < 1.29 is 0 Å². The molecule has 15 heavy (non-hydrogen) atoms. The van der Waals surface area contributed by atoms with E-state index in [2.05, 4.69) is 42.0 Å². The van der Waals surface area contributed by atoms with Gasteiger partial charge in [-0.05, 0) is 43.1 Å². The maximum atomic E-state index is 5.76. The summed E-state index contributed by atoms with van der Waals surface area (Å²) in [6.45, 7) is 4.12. The SMILES string of the molecule is Cc1ccc(C)c(-c2ccnc(Cl)n2)c1. The van der Waals surface area contributed by atoms with Gasteiger partial charge in [-0.1, -0.05) is 17.7 Å². The predicted molar refractivity (Wildman–Crippen MR) is 62.0 cm³/mol. The highest BCUT2D eigenvalue weighted by Crippen LogP contribution is 2.22. The van der Waals surface area contributed by atoms with Crippen molar-refractivity contribution in [1.82, 2.24) is 9.97 Å². The van der Waals surface area contributed by atoms with Gasteiger partial charge in [-0.15, -0.1) is 0 Å². The van der Waals surface area contributed by atoms with E-state index in [1.54, 1.807) is 6.20 Å². The van der Waals surface area contributed by atoms with Crippen LogP contribution >= 0.6 is 11.6 Å². The standard InChI is InChI=1S/C12H11ClN2/c1-8-3-4-9(2)10(7-8)11-5-6-14-12(13)15-11/h3-7H,1-2H3. The van der Waals surface area contributed by atoms with E-state index in [1.165, 1.54) is 11.1 Å². The Morgan fingerprint density at radius 3 is 2.67 bits per heavy atom. The van der Waals surface area contributed by atoms with Crippen LogP contribution < -0.4 is 0 Å². The number of benzene rings is 1. The first kappa shape index (κ1) is 10.1. The second kappa shape index (κ2) is 3.99. The summed E-state index contributed by atoms with van der Waals surface area (Å²) in [4.78, 5) is 8.07. The van der Waals surface area contributed by atoms with Crippen molar-refractivity contribution in [1.29, 1.82) is 0 Å². The van der Waals surface area contributed by atoms with E-state index in [9.17, 15) is 0 Å². The molecule has 0 aliphatic heterocycles. The lowest BCUT2D eigenvalue weighted by molar-refractivity contribution is 1.17. The Kier molecular flexibility index (Phi) is 2.69. The normalized spacial score (nSPS) is 10.3. The molecule has 0 radical (unpaired) electrons. The Morgan fingerprint density at radius 2 is 1.93 bits per heavy atom. The Bertz CT molecular complexity index is 495. The highest BCUT2D eigenvalue weighted by molar-refractivity contribution is 6.28. The molecule has 2 rings (SSSR count). The molecule has 0 fully saturated rings. The molecule has 76 valence electrons. The van der Waals surface area contributed by atoms with Crippen LogP contribution in [0.1, 0.15) is 11.1 Å². The van der Waals surface area contributed by atoms with E-state index < -0.39 is 0 Å². The lowest BCUT2D eigenvalue weighted by Gasteiger charge is -2.06. The molecule has 1 aromatic heterocycles. The van der Waals surface area contributed by atoms with Crippen LogP contribution in [0.25, 0.3) is 11.3 Å². The van der Waals surface area contributed by atoms with Gasteiger partial charge >= 0.3 is 0 Å². The highest BCUT2D eigenvalue weighted by atomic mass is 35.5. The average molecular weight is 219 g/mol. The van der Waals surface area contributed by atoms with Crippen LogP contribution in [0, 0.1) is 13.8 Å². The van der Waals surface area contributed by atoms with Crippen LogP contribution in [0.15, 0.2) is 30.5 Å². The van der Waals surface area contributed by atoms with Crippen molar-refractivity contribution in [2.24, 2.45) is 0 Å². The Morgan fingerprint density at radius 1 is 1.13 bits per heavy atom. The monoisotopic (exact) mass is 218 g/mol. The second-order valence-electron chi connectivity index (χ2n) is 3.53. The summed E-state index contributed by atoms with van der Waals surface area (Å²) in [5, 5.41) is 0.286. The fourth-order valence-corrected chi connectivity index (χ4v) is 1.64. The van der Waals surface area contributed by atoms with Gasteiger partial charge in [0.25, 0.3) is 0 Å². The van der Waals surface area contributed by atoms with Gasteiger partial charge in [0.15, 0.2) is 0 Å². The fourth-order valence-electron chi connectivity index (χ4n) is 1.50. The van der Waals surface area contributed by atoms with Crippen molar-refractivity contribution in [2.45, 2.75) is 13.8 Å². The molecule has 0 aliphatic carbocycles. The quantitative estimate of drug-likeness (QED) is 0.686. The van der Waals surface area contributed by atoms with Crippen LogP contribution in [0.3, 0.4) is 0 Å². The van der Waals surface area contributed by atoms with Gasteiger partial charge in [-0.3, -0.25) is 0 Å². The molecule has 0 N–H and O–H groups in total. The second-order valence-corrected chi connectivity index (χ2v) is 3.87. The minimum absolute atomic E-state index is 0.286. The molecular formula is C12H11ClN2. The third kappa shape index (κ3) is 2.16. The molecular weight excluding hydrogens is 208 g/mol. The van der Waals surface area contributed by atoms with Crippen LogP contribution in [0.2, 0.25) is 5.28 Å². The summed E-state index contributed by atoms with van der Waals surface area (Å²) in [7, 11) is 0. The summed E-state index contributed by atoms with van der Waals surface area (Å²) >= 11 is 5.76. The molecule has 0 amide bonds. The molecule has 0 aliphatic rings. The van der Waals surface area contributed by atoms with Gasteiger partial charge in [-0.2, -0.15) is 0 Å². The molecule has 0 saturated heterocycles. The molecule has 2 aromatic rings. The number of hydrogen-bond donors (Lipinski definition) is 0. The lowest BCUT2D eigenvalue weighted by Crippen LogP contribution is -1.90. The van der Waals surface area contributed by atoms with Gasteiger partial charge < -0.3 is 0 Å². The Balaban J connectivity index is 2.58. The zero-order valence-corrected chi connectivity index (χ0v) is 9.42. The first-order valence-corrected chi connectivity index (χ1v) is 5.11. The topological polar surface area (TPSA) is 25.8 Å². The molecule has 0 saturated carbocycles. The third-order valence-electron chi connectivity index (χ3n) is 2.30. The molecule has 2 nitrogen and oxygen atoms in total. The number of nitrogens with zero attached hydrogens (tertiary/aromatic N) is 2. The lowest BCUT2D eigenvalue weighted by atomic mass is 10.0. The van der Waals surface area contributed by atoms with Crippen molar-refractivity contribution in [3.8, 4) is 11.3 Å². The number of aryl methyl sites for hydroxylation is 2. The minimum Gasteiger partial charge on any atom is -0.226 e. The smallest absolute Gasteiger partial charge is 0.222 e. The van der Waals surface area contributed by atoms with E-state index in [-0.39, 0.29) is 5.28 Å². The largest absolute Gasteiger partial charge is 0.226 e. The van der Waals surface area contributed by atoms with Crippen LogP contribution in [-0.4, -0.2) is 9.97 Å². The zero-order chi connectivity index (χ0) is 10.8. The Hall–Kier alpha value is -1.41. The summed E-state index contributed by atoms with van der Waals surface area (Å²) < 4.78 is 0. The van der Waals surface area contributed by atoms with Gasteiger partial charge in [0.2, 0.25) is 5.28 Å².